The first kappa shape index (κ1) is 4.47. The standard InChI is InChI=1S/C3H2ClNS/c4-3-1-6-2-5-3/h2H2. The Morgan fingerprint density at radius 1 is 2.00 bits per heavy atom. The quantitative estimate of drug-likeness (QED) is 0.469. The van der Waals surface area contributed by atoms with Crippen molar-refractivity contribution in [3.8, 4) is 0 Å². The molecule has 0 aliphatic carbocycles. The van der Waals surface area contributed by atoms with Crippen LogP contribution < -0.4 is 0 Å². The minimum absolute atomic E-state index is 0.514. The van der Waals surface area contributed by atoms with Crippen LogP contribution in [0.5, 0.6) is 0 Å². The summed E-state index contributed by atoms with van der Waals surface area (Å²) in [7, 11) is 0. The molecule has 0 aromatic carbocycles. The molecule has 0 unspecified atom stereocenters. The van der Waals surface area contributed by atoms with Gasteiger partial charge in [0.1, 0.15) is 10.9 Å². The Morgan fingerprint density at radius 2 is 2.83 bits per heavy atom. The van der Waals surface area contributed by atoms with E-state index in [0.717, 1.165) is 5.88 Å². The maximum atomic E-state index is 5.33. The van der Waals surface area contributed by atoms with Crippen molar-refractivity contribution in [2.75, 3.05) is 5.88 Å². The van der Waals surface area contributed by atoms with Crippen molar-refractivity contribution >= 4 is 28.5 Å². The molecule has 0 atom stereocenters. The predicted octanol–water partition coefficient (Wildman–Crippen LogP) is 1.37. The number of hydrogen-bond donors (Lipinski definition) is 0. The van der Waals surface area contributed by atoms with E-state index in [1.54, 1.807) is 0 Å². The molecule has 0 aromatic heterocycles. The van der Waals surface area contributed by atoms with Crippen LogP contribution >= 0.6 is 23.4 Å². The van der Waals surface area contributed by atoms with Gasteiger partial charge in [-0.3, -0.25) is 4.99 Å². The van der Waals surface area contributed by atoms with Gasteiger partial charge in [0.15, 0.2) is 0 Å². The van der Waals surface area contributed by atoms with Crippen molar-refractivity contribution in [2.45, 2.75) is 0 Å². The van der Waals surface area contributed by atoms with E-state index < -0.39 is 0 Å². The van der Waals surface area contributed by atoms with Crippen molar-refractivity contribution in [3.63, 3.8) is 0 Å². The Labute approximate surface area is 45.8 Å². The molecule has 2 radical (unpaired) electrons. The lowest BCUT2D eigenvalue weighted by atomic mass is 10.9. The summed E-state index contributed by atoms with van der Waals surface area (Å²) in [5.74, 6) is 3.50. The summed E-state index contributed by atoms with van der Waals surface area (Å²) in [6, 6.07) is 0. The molecular weight excluding hydrogens is 118 g/mol. The molecule has 1 nitrogen and oxygen atoms in total. The van der Waals surface area contributed by atoms with Crippen LogP contribution in [-0.4, -0.2) is 11.0 Å². The third kappa shape index (κ3) is 0.884. The molecule has 0 spiro atoms. The first-order chi connectivity index (χ1) is 2.89. The third-order valence-electron chi connectivity index (χ3n) is 0.424. The molecule has 0 saturated carbocycles. The Morgan fingerprint density at radius 3 is 3.00 bits per heavy atom. The summed E-state index contributed by atoms with van der Waals surface area (Å²) in [6.07, 6.45) is 0. The van der Waals surface area contributed by atoms with Gasteiger partial charge in [0.05, 0.1) is 5.88 Å². The molecule has 0 fully saturated rings. The lowest BCUT2D eigenvalue weighted by Crippen LogP contribution is -1.70. The Hall–Kier alpha value is 0.310. The van der Waals surface area contributed by atoms with Gasteiger partial charge in [-0.15, -0.1) is 11.8 Å². The van der Waals surface area contributed by atoms with Crippen LogP contribution in [-0.2, 0) is 0 Å². The largest absolute Gasteiger partial charge is 0.265 e. The number of thioether (sulfide) groups is 1. The monoisotopic (exact) mass is 119 g/mol. The SMILES string of the molecule is ClC1=NCS[C]1. The molecule has 0 saturated heterocycles. The number of halogens is 1. The highest BCUT2D eigenvalue weighted by molar-refractivity contribution is 8.02. The zero-order valence-corrected chi connectivity index (χ0v) is 4.51. The van der Waals surface area contributed by atoms with E-state index in [-0.39, 0.29) is 0 Å². The molecule has 32 valence electrons. The summed E-state index contributed by atoms with van der Waals surface area (Å²) < 4.78 is 0. The fraction of sp³-hybridized carbons (Fsp3) is 0.333. The van der Waals surface area contributed by atoms with Crippen LogP contribution in [0.4, 0.5) is 0 Å². The smallest absolute Gasteiger partial charge is 0.121 e. The van der Waals surface area contributed by atoms with Gasteiger partial charge in [-0.1, -0.05) is 11.6 Å². The highest BCUT2D eigenvalue weighted by Crippen LogP contribution is 2.16. The molecule has 0 aromatic rings. The van der Waals surface area contributed by atoms with Crippen LogP contribution in [0.3, 0.4) is 0 Å². The zero-order valence-electron chi connectivity index (χ0n) is 2.94. The van der Waals surface area contributed by atoms with Crippen LogP contribution in [0.25, 0.3) is 0 Å². The Bertz CT molecular complexity index is 80.9. The molecule has 3 heteroatoms. The van der Waals surface area contributed by atoms with Crippen molar-refractivity contribution < 1.29 is 0 Å². The number of hydrogen-bond acceptors (Lipinski definition) is 2. The van der Waals surface area contributed by atoms with E-state index in [1.807, 2.05) is 0 Å². The van der Waals surface area contributed by atoms with E-state index in [2.05, 4.69) is 10.7 Å². The first-order valence-corrected chi connectivity index (χ1v) is 2.84. The van der Waals surface area contributed by atoms with Gasteiger partial charge in [0.2, 0.25) is 0 Å². The minimum atomic E-state index is 0.514. The maximum Gasteiger partial charge on any atom is 0.121 e. The Kier molecular flexibility index (Phi) is 1.37. The topological polar surface area (TPSA) is 12.4 Å². The summed E-state index contributed by atoms with van der Waals surface area (Å²) >= 11 is 6.83. The second-order valence-corrected chi connectivity index (χ2v) is 1.93. The van der Waals surface area contributed by atoms with Crippen molar-refractivity contribution in [1.29, 1.82) is 0 Å². The molecule has 1 aliphatic rings. The van der Waals surface area contributed by atoms with E-state index in [0.29, 0.717) is 5.17 Å². The van der Waals surface area contributed by atoms with Crippen LogP contribution in [0.15, 0.2) is 4.99 Å². The van der Waals surface area contributed by atoms with Gasteiger partial charge in [0.25, 0.3) is 0 Å². The minimum Gasteiger partial charge on any atom is -0.265 e. The number of aliphatic imine (C=N–C) groups is 1. The van der Waals surface area contributed by atoms with Crippen molar-refractivity contribution in [3.05, 3.63) is 5.75 Å². The van der Waals surface area contributed by atoms with Crippen molar-refractivity contribution in [2.24, 2.45) is 4.99 Å². The fourth-order valence-electron chi connectivity index (χ4n) is 0.213. The van der Waals surface area contributed by atoms with E-state index in [9.17, 15) is 0 Å². The van der Waals surface area contributed by atoms with Gasteiger partial charge >= 0.3 is 0 Å². The molecule has 1 heterocycles. The molecule has 0 bridgehead atoms. The lowest BCUT2D eigenvalue weighted by Gasteiger charge is -1.70. The van der Waals surface area contributed by atoms with Gasteiger partial charge in [0, 0.05) is 0 Å². The van der Waals surface area contributed by atoms with Crippen LogP contribution in [0.2, 0.25) is 0 Å². The maximum absolute atomic E-state index is 5.33. The molecule has 1 rings (SSSR count). The van der Waals surface area contributed by atoms with E-state index >= 15 is 0 Å². The highest BCUT2D eigenvalue weighted by atomic mass is 35.5. The van der Waals surface area contributed by atoms with E-state index in [1.165, 1.54) is 11.8 Å². The summed E-state index contributed by atoms with van der Waals surface area (Å²) in [5.41, 5.74) is 0. The fourth-order valence-corrected chi connectivity index (χ4v) is 0.949. The molecular formula is C3H2ClNS. The van der Waals surface area contributed by atoms with Gasteiger partial charge in [-0.05, 0) is 0 Å². The second kappa shape index (κ2) is 1.85. The average Bonchev–Trinajstić information content (AvgIpc) is 1.86. The average molecular weight is 120 g/mol. The van der Waals surface area contributed by atoms with Crippen LogP contribution in [0, 0.1) is 5.75 Å². The van der Waals surface area contributed by atoms with E-state index in [4.69, 9.17) is 11.6 Å². The zero-order chi connectivity index (χ0) is 4.41. The molecule has 0 N–H and O–H groups in total. The molecule has 1 aliphatic heterocycles. The molecule has 6 heavy (non-hydrogen) atoms. The first-order valence-electron chi connectivity index (χ1n) is 1.47. The van der Waals surface area contributed by atoms with Crippen molar-refractivity contribution in [1.82, 2.24) is 0 Å². The van der Waals surface area contributed by atoms with Gasteiger partial charge in [-0.2, -0.15) is 0 Å². The summed E-state index contributed by atoms with van der Waals surface area (Å²) in [4.78, 5) is 3.77. The number of rotatable bonds is 0. The summed E-state index contributed by atoms with van der Waals surface area (Å²) in [6.45, 7) is 0. The third-order valence-corrected chi connectivity index (χ3v) is 1.35. The lowest BCUT2D eigenvalue weighted by molar-refractivity contribution is 1.42. The van der Waals surface area contributed by atoms with Gasteiger partial charge in [-0.25, -0.2) is 0 Å². The highest BCUT2D eigenvalue weighted by Gasteiger charge is 2.01. The number of nitrogens with zero attached hydrogens (tertiary/aromatic N) is 1. The predicted molar refractivity (Wildman–Crippen MR) is 29.0 cm³/mol. The Balaban J connectivity index is 2.45. The second-order valence-electron chi connectivity index (χ2n) is 0.824. The molecule has 0 amide bonds. The van der Waals surface area contributed by atoms with Gasteiger partial charge < -0.3 is 0 Å². The normalized spacial score (nSPS) is 21.2. The summed E-state index contributed by atoms with van der Waals surface area (Å²) in [5, 5.41) is 0.514. The van der Waals surface area contributed by atoms with Crippen LogP contribution in [0.1, 0.15) is 0 Å².